The maximum Gasteiger partial charge on any atom is 0.414 e. The van der Waals surface area contributed by atoms with Crippen LogP contribution in [0.1, 0.15) is 16.7 Å². The van der Waals surface area contributed by atoms with Crippen molar-refractivity contribution in [2.45, 2.75) is 32.2 Å². The van der Waals surface area contributed by atoms with Crippen LogP contribution in [-0.4, -0.2) is 24.4 Å². The van der Waals surface area contributed by atoms with Gasteiger partial charge in [-0.3, -0.25) is 0 Å². The van der Waals surface area contributed by atoms with E-state index in [0.717, 1.165) is 5.56 Å². The number of rotatable bonds is 6. The number of pyridine rings is 1. The van der Waals surface area contributed by atoms with E-state index in [2.05, 4.69) is 4.98 Å². The van der Waals surface area contributed by atoms with Gasteiger partial charge in [0.1, 0.15) is 0 Å². The minimum Gasteiger partial charge on any atom is -0.481 e. The molecule has 0 N–H and O–H groups in total. The molecule has 2 rings (SSSR count). The van der Waals surface area contributed by atoms with Gasteiger partial charge in [0.2, 0.25) is 5.88 Å². The summed E-state index contributed by atoms with van der Waals surface area (Å²) in [5.74, 6) is 0.393. The first kappa shape index (κ1) is 19.8. The molecule has 0 radical (unpaired) electrons. The molecule has 2 aromatic rings. The summed E-state index contributed by atoms with van der Waals surface area (Å²) in [5.41, 5.74) is 1.69. The number of alkyl halides is 3. The molecule has 8 heteroatoms. The largest absolute Gasteiger partial charge is 0.481 e. The number of hydrogen-bond donors (Lipinski definition) is 0. The minimum atomic E-state index is -4.51. The second-order valence-electron chi connectivity index (χ2n) is 5.45. The van der Waals surface area contributed by atoms with Gasteiger partial charge in [0, 0.05) is 18.7 Å². The molecule has 0 aliphatic carbocycles. The maximum atomic E-state index is 13.3. The molecule has 1 atom stereocenters. The van der Waals surface area contributed by atoms with Crippen LogP contribution in [0.3, 0.4) is 0 Å². The number of aromatic nitrogens is 1. The quantitative estimate of drug-likeness (QED) is 0.658. The molecule has 0 aliphatic rings. The van der Waals surface area contributed by atoms with Crippen molar-refractivity contribution < 1.29 is 22.6 Å². The number of nitrogens with zero attached hydrogens (tertiary/aromatic N) is 1. The Labute approximate surface area is 153 Å². The van der Waals surface area contributed by atoms with Crippen molar-refractivity contribution in [3.05, 3.63) is 57.2 Å². The molecular weight excluding hydrogens is 378 g/mol. The van der Waals surface area contributed by atoms with Crippen molar-refractivity contribution in [3.8, 4) is 5.88 Å². The lowest BCUT2D eigenvalue weighted by atomic mass is 10.1. The number of benzene rings is 1. The summed E-state index contributed by atoms with van der Waals surface area (Å²) >= 11 is 11.6. The van der Waals surface area contributed by atoms with Crippen LogP contribution in [0.25, 0.3) is 0 Å². The smallest absolute Gasteiger partial charge is 0.414 e. The van der Waals surface area contributed by atoms with Gasteiger partial charge in [0.15, 0.2) is 6.10 Å². The summed E-state index contributed by atoms with van der Waals surface area (Å²) in [6.07, 6.45) is -5.39. The van der Waals surface area contributed by atoms with E-state index in [0.29, 0.717) is 17.0 Å². The van der Waals surface area contributed by atoms with Crippen LogP contribution in [0.5, 0.6) is 5.88 Å². The third kappa shape index (κ3) is 5.49. The van der Waals surface area contributed by atoms with Crippen LogP contribution in [-0.2, 0) is 17.8 Å². The van der Waals surface area contributed by atoms with E-state index in [1.54, 1.807) is 13.0 Å². The summed E-state index contributed by atoms with van der Waals surface area (Å²) in [4.78, 5) is 3.99. The van der Waals surface area contributed by atoms with Crippen molar-refractivity contribution in [3.63, 3.8) is 0 Å². The number of halogens is 5. The fourth-order valence-electron chi connectivity index (χ4n) is 2.16. The first-order valence-electron chi connectivity index (χ1n) is 7.32. The van der Waals surface area contributed by atoms with E-state index in [9.17, 15) is 13.2 Å². The van der Waals surface area contributed by atoms with Crippen LogP contribution >= 0.6 is 23.2 Å². The summed E-state index contributed by atoms with van der Waals surface area (Å²) in [6, 6.07) is 6.01. The Morgan fingerprint density at radius 2 is 1.88 bits per heavy atom. The Hall–Kier alpha value is -1.50. The highest BCUT2D eigenvalue weighted by molar-refractivity contribution is 6.42. The van der Waals surface area contributed by atoms with Crippen LogP contribution in [0.4, 0.5) is 13.2 Å². The SMILES string of the molecule is COc1cc(C)c(COC(Cc2ccc(Cl)c(Cl)c2)C(F)(F)F)cn1. The standard InChI is InChI=1S/C17H16Cl2F3NO2/c1-10-5-16(24-2)23-8-12(10)9-25-15(17(20,21)22)7-11-3-4-13(18)14(19)6-11/h3-6,8,15H,7,9H2,1-2H3. The molecule has 1 aromatic heterocycles. The molecule has 0 saturated heterocycles. The molecule has 3 nitrogen and oxygen atoms in total. The summed E-state index contributed by atoms with van der Waals surface area (Å²) in [5, 5.41) is 0.491. The highest BCUT2D eigenvalue weighted by atomic mass is 35.5. The molecule has 0 bridgehead atoms. The van der Waals surface area contributed by atoms with E-state index in [-0.39, 0.29) is 23.1 Å². The molecule has 0 saturated carbocycles. The van der Waals surface area contributed by atoms with Crippen molar-refractivity contribution in [1.29, 1.82) is 0 Å². The van der Waals surface area contributed by atoms with Gasteiger partial charge < -0.3 is 9.47 Å². The number of ether oxygens (including phenoxy) is 2. The highest BCUT2D eigenvalue weighted by Crippen LogP contribution is 2.29. The van der Waals surface area contributed by atoms with E-state index in [1.807, 2.05) is 0 Å². The Bertz CT molecular complexity index is 738. The van der Waals surface area contributed by atoms with Gasteiger partial charge in [-0.1, -0.05) is 29.3 Å². The third-order valence-electron chi connectivity index (χ3n) is 3.61. The van der Waals surface area contributed by atoms with Crippen molar-refractivity contribution in [2.24, 2.45) is 0 Å². The number of hydrogen-bond acceptors (Lipinski definition) is 3. The van der Waals surface area contributed by atoms with Crippen LogP contribution in [0, 0.1) is 6.92 Å². The highest BCUT2D eigenvalue weighted by Gasteiger charge is 2.40. The average Bonchev–Trinajstić information content (AvgIpc) is 2.54. The Balaban J connectivity index is 2.12. The van der Waals surface area contributed by atoms with E-state index >= 15 is 0 Å². The molecular formula is C17H16Cl2F3NO2. The minimum absolute atomic E-state index is 0.204. The second-order valence-corrected chi connectivity index (χ2v) is 6.26. The fraction of sp³-hybridized carbons (Fsp3) is 0.353. The van der Waals surface area contributed by atoms with E-state index < -0.39 is 12.3 Å². The second kappa shape index (κ2) is 8.25. The zero-order valence-electron chi connectivity index (χ0n) is 13.5. The van der Waals surface area contributed by atoms with Crippen molar-refractivity contribution in [2.75, 3.05) is 7.11 Å². The van der Waals surface area contributed by atoms with Gasteiger partial charge in [0.25, 0.3) is 0 Å². The number of methoxy groups -OCH3 is 1. The molecule has 0 aliphatic heterocycles. The maximum absolute atomic E-state index is 13.3. The molecule has 0 spiro atoms. The van der Waals surface area contributed by atoms with Gasteiger partial charge in [-0.05, 0) is 35.7 Å². The van der Waals surface area contributed by atoms with Crippen molar-refractivity contribution in [1.82, 2.24) is 4.98 Å². The normalized spacial score (nSPS) is 12.9. The van der Waals surface area contributed by atoms with Gasteiger partial charge in [-0.15, -0.1) is 0 Å². The molecule has 136 valence electrons. The van der Waals surface area contributed by atoms with Crippen LogP contribution < -0.4 is 4.74 Å². The Kier molecular flexibility index (Phi) is 6.54. The van der Waals surface area contributed by atoms with E-state index in [1.165, 1.54) is 31.5 Å². The molecule has 25 heavy (non-hydrogen) atoms. The first-order valence-corrected chi connectivity index (χ1v) is 8.08. The molecule has 1 heterocycles. The summed E-state index contributed by atoms with van der Waals surface area (Å²) < 4.78 is 50.0. The lowest BCUT2D eigenvalue weighted by Gasteiger charge is -2.21. The summed E-state index contributed by atoms with van der Waals surface area (Å²) in [7, 11) is 1.47. The van der Waals surface area contributed by atoms with Crippen molar-refractivity contribution >= 4 is 23.2 Å². The fourth-order valence-corrected chi connectivity index (χ4v) is 2.48. The first-order chi connectivity index (χ1) is 11.7. The topological polar surface area (TPSA) is 31.4 Å². The molecule has 1 aromatic carbocycles. The lowest BCUT2D eigenvalue weighted by molar-refractivity contribution is -0.223. The van der Waals surface area contributed by atoms with Gasteiger partial charge >= 0.3 is 6.18 Å². The van der Waals surface area contributed by atoms with Gasteiger partial charge in [0.05, 0.1) is 23.8 Å². The summed E-state index contributed by atoms with van der Waals surface area (Å²) in [6.45, 7) is 1.54. The molecule has 0 amide bonds. The van der Waals surface area contributed by atoms with Gasteiger partial charge in [-0.2, -0.15) is 13.2 Å². The van der Waals surface area contributed by atoms with Crippen LogP contribution in [0.15, 0.2) is 30.5 Å². The molecule has 0 fully saturated rings. The zero-order valence-corrected chi connectivity index (χ0v) is 15.0. The predicted molar refractivity (Wildman–Crippen MR) is 90.3 cm³/mol. The third-order valence-corrected chi connectivity index (χ3v) is 4.35. The predicted octanol–water partition coefficient (Wildman–Crippen LogP) is 5.40. The number of aryl methyl sites for hydroxylation is 1. The van der Waals surface area contributed by atoms with Crippen LogP contribution in [0.2, 0.25) is 10.0 Å². The zero-order chi connectivity index (χ0) is 18.6. The Morgan fingerprint density at radius 1 is 1.16 bits per heavy atom. The monoisotopic (exact) mass is 393 g/mol. The van der Waals surface area contributed by atoms with E-state index in [4.69, 9.17) is 32.7 Å². The molecule has 1 unspecified atom stereocenters. The Morgan fingerprint density at radius 3 is 2.44 bits per heavy atom. The lowest BCUT2D eigenvalue weighted by Crippen LogP contribution is -2.33. The van der Waals surface area contributed by atoms with Gasteiger partial charge in [-0.25, -0.2) is 4.98 Å². The average molecular weight is 394 g/mol.